The quantitative estimate of drug-likeness (QED) is 0.353. The number of hydrogen-bond acceptors (Lipinski definition) is 3. The highest BCUT2D eigenvalue weighted by Gasteiger charge is 2.56. The van der Waals surface area contributed by atoms with Gasteiger partial charge in [-0.05, 0) is 48.4 Å². The van der Waals surface area contributed by atoms with Crippen molar-refractivity contribution in [1.82, 2.24) is 9.58 Å². The number of amides is 2. The number of para-hydroxylation sites is 1. The Hall–Kier alpha value is -3.54. The molecule has 2 fully saturated rings. The Morgan fingerprint density at radius 1 is 0.938 bits per heavy atom. The smallest absolute Gasteiger partial charge is 0.254 e. The van der Waals surface area contributed by atoms with Gasteiger partial charge in [-0.2, -0.15) is 10.1 Å². The van der Waals surface area contributed by atoms with Gasteiger partial charge in [0, 0.05) is 29.2 Å². The second-order valence-corrected chi connectivity index (χ2v) is 8.93. The first kappa shape index (κ1) is 19.2. The van der Waals surface area contributed by atoms with Crippen LogP contribution in [-0.4, -0.2) is 27.6 Å². The Morgan fingerprint density at radius 3 is 2.25 bits per heavy atom. The number of imide groups is 1. The van der Waals surface area contributed by atoms with E-state index >= 15 is 0 Å². The zero-order chi connectivity index (χ0) is 21.8. The van der Waals surface area contributed by atoms with Gasteiger partial charge in [-0.15, -0.1) is 0 Å². The van der Waals surface area contributed by atoms with Crippen LogP contribution in [0.25, 0.3) is 10.9 Å². The van der Waals surface area contributed by atoms with E-state index in [1.807, 2.05) is 30.5 Å². The minimum atomic E-state index is -0.261. The highest BCUT2D eigenvalue weighted by Crippen LogP contribution is 2.49. The molecule has 7 rings (SSSR count). The molecule has 2 amide bonds. The summed E-state index contributed by atoms with van der Waals surface area (Å²) in [5.74, 6) is -0.830. The topological polar surface area (TPSA) is 54.7 Å². The van der Waals surface area contributed by atoms with Gasteiger partial charge in [0.15, 0.2) is 0 Å². The largest absolute Gasteiger partial charge is 0.342 e. The Labute approximate surface area is 184 Å². The van der Waals surface area contributed by atoms with Crippen molar-refractivity contribution in [2.45, 2.75) is 19.4 Å². The number of carbonyl (C=O) groups excluding carboxylic acids is 2. The molecule has 2 aromatic carbocycles. The maximum atomic E-state index is 13.3. The summed E-state index contributed by atoms with van der Waals surface area (Å²) in [5.41, 5.74) is 2.82. The fraction of sp³-hybridized carbons (Fsp3) is 0.269. The maximum Gasteiger partial charge on any atom is 0.254 e. The van der Waals surface area contributed by atoms with Crippen molar-refractivity contribution < 1.29 is 14.0 Å². The molecule has 2 bridgehead atoms. The average Bonchev–Trinajstić information content (AvgIpc) is 3.31. The molecule has 160 valence electrons. The van der Waals surface area contributed by atoms with E-state index in [0.29, 0.717) is 6.54 Å². The van der Waals surface area contributed by atoms with Crippen LogP contribution in [-0.2, 0) is 16.1 Å². The third kappa shape index (κ3) is 2.93. The molecule has 0 N–H and O–H groups in total. The lowest BCUT2D eigenvalue weighted by Gasteiger charge is -2.37. The van der Waals surface area contributed by atoms with Crippen LogP contribution in [0.1, 0.15) is 24.0 Å². The van der Waals surface area contributed by atoms with Gasteiger partial charge in [-0.25, -0.2) is 4.39 Å². The number of rotatable bonds is 4. The third-order valence-corrected chi connectivity index (χ3v) is 7.13. The number of hydrazone groups is 1. The lowest BCUT2D eigenvalue weighted by molar-refractivity contribution is -0.140. The lowest BCUT2D eigenvalue weighted by atomic mass is 9.63. The van der Waals surface area contributed by atoms with Crippen molar-refractivity contribution >= 4 is 28.9 Å². The van der Waals surface area contributed by atoms with Gasteiger partial charge in [-0.1, -0.05) is 42.5 Å². The molecule has 1 aliphatic heterocycles. The summed E-state index contributed by atoms with van der Waals surface area (Å²) in [4.78, 5) is 26.0. The van der Waals surface area contributed by atoms with Gasteiger partial charge in [0.05, 0.1) is 18.1 Å². The number of aromatic nitrogens is 1. The van der Waals surface area contributed by atoms with Gasteiger partial charge in [0.25, 0.3) is 11.8 Å². The van der Waals surface area contributed by atoms with E-state index < -0.39 is 0 Å². The number of carbonyl (C=O) groups is 2. The normalized spacial score (nSPS) is 26.6. The molecule has 0 radical (unpaired) electrons. The van der Waals surface area contributed by atoms with Gasteiger partial charge < -0.3 is 4.57 Å². The molecule has 4 atom stereocenters. The van der Waals surface area contributed by atoms with E-state index in [4.69, 9.17) is 0 Å². The lowest BCUT2D eigenvalue weighted by Crippen LogP contribution is -2.38. The number of nitrogens with zero attached hydrogens (tertiary/aromatic N) is 3. The summed E-state index contributed by atoms with van der Waals surface area (Å²) in [7, 11) is 0. The Balaban J connectivity index is 1.32. The molecule has 2 heterocycles. The number of hydrogen-bond donors (Lipinski definition) is 0. The molecule has 0 unspecified atom stereocenters. The van der Waals surface area contributed by atoms with E-state index in [0.717, 1.165) is 39.9 Å². The molecule has 5 nitrogen and oxygen atoms in total. The summed E-state index contributed by atoms with van der Waals surface area (Å²) >= 11 is 0. The second-order valence-electron chi connectivity index (χ2n) is 8.93. The minimum Gasteiger partial charge on any atom is -0.342 e. The standard InChI is InChI=1S/C26H22FN3O2/c27-20-11-5-16(6-12-20)14-29-15-19(21-3-1-2-4-22(21)29)13-28-30-25(31)23-17-7-8-18(10-9-17)24(23)26(30)32/h1-8,11-13,15,17-18,23-24H,9-10,14H2/b28-13-/t17-,18-,23+,24+/m0/s1. The number of halogens is 1. The number of allylic oxidation sites excluding steroid dienone is 2. The fourth-order valence-electron chi connectivity index (χ4n) is 5.59. The molecular formula is C26H22FN3O2. The van der Waals surface area contributed by atoms with Crippen LogP contribution < -0.4 is 0 Å². The van der Waals surface area contributed by atoms with Crippen molar-refractivity contribution in [3.8, 4) is 0 Å². The maximum absolute atomic E-state index is 13.3. The van der Waals surface area contributed by atoms with Crippen LogP contribution in [0.3, 0.4) is 0 Å². The molecule has 1 saturated heterocycles. The van der Waals surface area contributed by atoms with Crippen molar-refractivity contribution in [3.63, 3.8) is 0 Å². The van der Waals surface area contributed by atoms with Crippen molar-refractivity contribution in [1.29, 1.82) is 0 Å². The highest BCUT2D eigenvalue weighted by atomic mass is 19.1. The average molecular weight is 427 g/mol. The SMILES string of the molecule is O=C1[C@H]2[C@H](C(=O)N1/N=C\c1cn(Cc3ccc(F)cc3)c3ccccc13)[C@H]1C=C[C@H]2CC1. The minimum absolute atomic E-state index is 0.152. The van der Waals surface area contributed by atoms with Gasteiger partial charge in [0.2, 0.25) is 0 Å². The highest BCUT2D eigenvalue weighted by molar-refractivity contribution is 6.07. The summed E-state index contributed by atoms with van der Waals surface area (Å²) in [5, 5.41) is 6.46. The summed E-state index contributed by atoms with van der Waals surface area (Å²) in [6.07, 6.45) is 9.73. The van der Waals surface area contributed by atoms with E-state index in [1.165, 1.54) is 12.1 Å². The molecule has 1 aromatic heterocycles. The molecule has 1 saturated carbocycles. The molecule has 4 aliphatic rings. The van der Waals surface area contributed by atoms with Gasteiger partial charge >= 0.3 is 0 Å². The first-order chi connectivity index (χ1) is 15.6. The first-order valence-corrected chi connectivity index (χ1v) is 11.0. The Bertz CT molecular complexity index is 1260. The first-order valence-electron chi connectivity index (χ1n) is 11.0. The second kappa shape index (κ2) is 7.26. The van der Waals surface area contributed by atoms with Crippen molar-refractivity contribution in [3.05, 3.63) is 83.8 Å². The van der Waals surface area contributed by atoms with E-state index in [-0.39, 0.29) is 41.3 Å². The van der Waals surface area contributed by atoms with E-state index in [9.17, 15) is 14.0 Å². The monoisotopic (exact) mass is 427 g/mol. The predicted molar refractivity (Wildman–Crippen MR) is 119 cm³/mol. The molecule has 3 aliphatic carbocycles. The molecule has 0 spiro atoms. The number of benzene rings is 2. The summed E-state index contributed by atoms with van der Waals surface area (Å²) < 4.78 is 15.3. The van der Waals surface area contributed by atoms with Gasteiger partial charge in [0.1, 0.15) is 5.82 Å². The van der Waals surface area contributed by atoms with Crippen LogP contribution in [0.2, 0.25) is 0 Å². The van der Waals surface area contributed by atoms with Crippen LogP contribution in [0, 0.1) is 29.5 Å². The molecule has 3 aromatic rings. The zero-order valence-corrected chi connectivity index (χ0v) is 17.4. The van der Waals surface area contributed by atoms with Crippen LogP contribution in [0.4, 0.5) is 4.39 Å². The van der Waals surface area contributed by atoms with Gasteiger partial charge in [-0.3, -0.25) is 9.59 Å². The number of fused-ring (bicyclic) bond motifs is 2. The van der Waals surface area contributed by atoms with Crippen molar-refractivity contribution in [2.24, 2.45) is 28.8 Å². The zero-order valence-electron chi connectivity index (χ0n) is 17.4. The molecular weight excluding hydrogens is 405 g/mol. The predicted octanol–water partition coefficient (Wildman–Crippen LogP) is 4.36. The van der Waals surface area contributed by atoms with Crippen molar-refractivity contribution in [2.75, 3.05) is 0 Å². The fourth-order valence-corrected chi connectivity index (χ4v) is 5.59. The third-order valence-electron chi connectivity index (χ3n) is 7.13. The summed E-state index contributed by atoms with van der Waals surface area (Å²) in [6.45, 7) is 0.579. The van der Waals surface area contributed by atoms with E-state index in [1.54, 1.807) is 18.3 Å². The van der Waals surface area contributed by atoms with Crippen LogP contribution >= 0.6 is 0 Å². The van der Waals surface area contributed by atoms with Crippen LogP contribution in [0.15, 0.2) is 72.0 Å². The molecule has 32 heavy (non-hydrogen) atoms. The van der Waals surface area contributed by atoms with E-state index in [2.05, 4.69) is 21.8 Å². The van der Waals surface area contributed by atoms with Crippen LogP contribution in [0.5, 0.6) is 0 Å². The Morgan fingerprint density at radius 2 is 1.59 bits per heavy atom. The summed E-state index contributed by atoms with van der Waals surface area (Å²) in [6, 6.07) is 14.4. The molecule has 6 heteroatoms. The Kier molecular flexibility index (Phi) is 4.35.